The highest BCUT2D eigenvalue weighted by atomic mass is 35.5. The Morgan fingerprint density at radius 1 is 1.42 bits per heavy atom. The van der Waals surface area contributed by atoms with E-state index in [1.54, 1.807) is 35.8 Å². The average Bonchev–Trinajstić information content (AvgIpc) is 2.39. The minimum Gasteiger partial charge on any atom is -0.345 e. The molecular weight excluding hydrogens is 303 g/mol. The number of nitriles is 1. The van der Waals surface area contributed by atoms with Crippen molar-refractivity contribution in [3.05, 3.63) is 28.2 Å². The summed E-state index contributed by atoms with van der Waals surface area (Å²) in [7, 11) is 1.71. The number of rotatable bonds is 6. The van der Waals surface area contributed by atoms with Gasteiger partial charge in [-0.3, -0.25) is 4.79 Å². The molecule has 1 rings (SSSR count). The molecule has 0 bridgehead atoms. The number of thioether (sulfide) groups is 1. The van der Waals surface area contributed by atoms with Crippen LogP contribution < -0.4 is 0 Å². The summed E-state index contributed by atoms with van der Waals surface area (Å²) in [4.78, 5) is 14.3. The van der Waals surface area contributed by atoms with Crippen LogP contribution in [-0.4, -0.2) is 30.2 Å². The molecule has 0 N–H and O–H groups in total. The second-order valence-electron chi connectivity index (χ2n) is 3.90. The van der Waals surface area contributed by atoms with Gasteiger partial charge < -0.3 is 4.90 Å². The summed E-state index contributed by atoms with van der Waals surface area (Å²) in [6, 6.07) is 7.43. The molecule has 102 valence electrons. The molecular formula is C13H14Cl2N2OS. The second-order valence-corrected chi connectivity index (χ2v) is 5.88. The lowest BCUT2D eigenvalue weighted by Crippen LogP contribution is -2.27. The third-order valence-corrected chi connectivity index (χ3v) is 4.20. The molecule has 0 aromatic heterocycles. The summed E-state index contributed by atoms with van der Waals surface area (Å²) >= 11 is 13.3. The Hall–Kier alpha value is -0.890. The molecule has 6 heteroatoms. The lowest BCUT2D eigenvalue weighted by Gasteiger charge is -2.15. The summed E-state index contributed by atoms with van der Waals surface area (Å²) in [5.41, 5.74) is 0. The smallest absolute Gasteiger partial charge is 0.223 e. The average molecular weight is 317 g/mol. The molecule has 1 aromatic rings. The topological polar surface area (TPSA) is 44.1 Å². The van der Waals surface area contributed by atoms with E-state index < -0.39 is 0 Å². The predicted molar refractivity (Wildman–Crippen MR) is 79.7 cm³/mol. The van der Waals surface area contributed by atoms with Gasteiger partial charge in [0, 0.05) is 30.7 Å². The monoisotopic (exact) mass is 316 g/mol. The van der Waals surface area contributed by atoms with Gasteiger partial charge in [0.25, 0.3) is 0 Å². The number of carbonyl (C=O) groups is 1. The molecule has 0 atom stereocenters. The van der Waals surface area contributed by atoms with Gasteiger partial charge in [-0.05, 0) is 18.2 Å². The maximum absolute atomic E-state index is 11.7. The van der Waals surface area contributed by atoms with Crippen molar-refractivity contribution in [2.45, 2.75) is 17.7 Å². The van der Waals surface area contributed by atoms with Crippen LogP contribution in [0.5, 0.6) is 0 Å². The van der Waals surface area contributed by atoms with E-state index in [9.17, 15) is 4.79 Å². The van der Waals surface area contributed by atoms with Gasteiger partial charge in [0.05, 0.1) is 22.5 Å². The molecule has 0 aliphatic rings. The van der Waals surface area contributed by atoms with Crippen LogP contribution in [0.3, 0.4) is 0 Å². The first kappa shape index (κ1) is 16.2. The zero-order valence-electron chi connectivity index (χ0n) is 10.5. The summed E-state index contributed by atoms with van der Waals surface area (Å²) in [6.07, 6.45) is 0.801. The lowest BCUT2D eigenvalue weighted by molar-refractivity contribution is -0.129. The second kappa shape index (κ2) is 8.31. The molecule has 0 saturated heterocycles. The molecule has 1 aromatic carbocycles. The van der Waals surface area contributed by atoms with Crippen molar-refractivity contribution < 1.29 is 4.79 Å². The minimum absolute atomic E-state index is 0.0443. The van der Waals surface area contributed by atoms with E-state index in [2.05, 4.69) is 0 Å². The van der Waals surface area contributed by atoms with Gasteiger partial charge in [0.1, 0.15) is 0 Å². The van der Waals surface area contributed by atoms with Crippen molar-refractivity contribution in [2.75, 3.05) is 19.3 Å². The standard InChI is InChI=1S/C13H14Cl2N2OS/c1-17(7-2-6-16)13(18)5-8-19-10-3-4-11(14)12(15)9-10/h3-4,9H,2,5,7-8H2,1H3. The number of hydrogen-bond acceptors (Lipinski definition) is 3. The Kier molecular flexibility index (Phi) is 7.07. The van der Waals surface area contributed by atoms with Crippen molar-refractivity contribution in [3.63, 3.8) is 0 Å². The van der Waals surface area contributed by atoms with Crippen LogP contribution in [0.2, 0.25) is 10.0 Å². The molecule has 0 aliphatic heterocycles. The molecule has 0 spiro atoms. The van der Waals surface area contributed by atoms with Gasteiger partial charge in [0.2, 0.25) is 5.91 Å². The van der Waals surface area contributed by atoms with Gasteiger partial charge >= 0.3 is 0 Å². The Bertz CT molecular complexity index is 488. The SMILES string of the molecule is CN(CCC#N)C(=O)CCSc1ccc(Cl)c(Cl)c1. The molecule has 1 amide bonds. The fourth-order valence-corrected chi connectivity index (χ4v) is 2.60. The van der Waals surface area contributed by atoms with Crippen molar-refractivity contribution in [2.24, 2.45) is 0 Å². The van der Waals surface area contributed by atoms with Crippen LogP contribution >= 0.6 is 35.0 Å². The normalized spacial score (nSPS) is 10.0. The van der Waals surface area contributed by atoms with E-state index in [1.165, 1.54) is 0 Å². The maximum Gasteiger partial charge on any atom is 0.223 e. The fraction of sp³-hybridized carbons (Fsp3) is 0.385. The zero-order chi connectivity index (χ0) is 14.3. The largest absolute Gasteiger partial charge is 0.345 e. The van der Waals surface area contributed by atoms with E-state index in [4.69, 9.17) is 28.5 Å². The first-order valence-electron chi connectivity index (χ1n) is 5.73. The predicted octanol–water partition coefficient (Wildman–Crippen LogP) is 3.85. The highest BCUT2D eigenvalue weighted by Crippen LogP contribution is 2.28. The molecule has 0 fully saturated rings. The number of hydrogen-bond donors (Lipinski definition) is 0. The molecule has 0 radical (unpaired) electrons. The van der Waals surface area contributed by atoms with Gasteiger partial charge in [0.15, 0.2) is 0 Å². The van der Waals surface area contributed by atoms with E-state index in [0.29, 0.717) is 35.2 Å². The highest BCUT2D eigenvalue weighted by Gasteiger charge is 2.08. The number of halogens is 2. The first-order chi connectivity index (χ1) is 9.04. The third kappa shape index (κ3) is 5.73. The Morgan fingerprint density at radius 3 is 2.79 bits per heavy atom. The van der Waals surface area contributed by atoms with Crippen LogP contribution in [-0.2, 0) is 4.79 Å². The molecule has 19 heavy (non-hydrogen) atoms. The van der Waals surface area contributed by atoms with Crippen LogP contribution in [0.4, 0.5) is 0 Å². The summed E-state index contributed by atoms with van der Waals surface area (Å²) in [6.45, 7) is 0.479. The van der Waals surface area contributed by atoms with Crippen LogP contribution in [0, 0.1) is 11.3 Å². The van der Waals surface area contributed by atoms with Gasteiger partial charge in [-0.1, -0.05) is 23.2 Å². The molecule has 0 saturated carbocycles. The highest BCUT2D eigenvalue weighted by molar-refractivity contribution is 7.99. The van der Waals surface area contributed by atoms with Crippen LogP contribution in [0.1, 0.15) is 12.8 Å². The number of nitrogens with zero attached hydrogens (tertiary/aromatic N) is 2. The molecule has 0 aliphatic carbocycles. The van der Waals surface area contributed by atoms with Crippen LogP contribution in [0.15, 0.2) is 23.1 Å². The van der Waals surface area contributed by atoms with Gasteiger partial charge in [-0.25, -0.2) is 0 Å². The lowest BCUT2D eigenvalue weighted by atomic mass is 10.3. The Balaban J connectivity index is 2.35. The Morgan fingerprint density at radius 2 is 2.16 bits per heavy atom. The van der Waals surface area contributed by atoms with E-state index in [-0.39, 0.29) is 5.91 Å². The van der Waals surface area contributed by atoms with E-state index in [0.717, 1.165) is 4.90 Å². The number of benzene rings is 1. The van der Waals surface area contributed by atoms with Gasteiger partial charge in [-0.15, -0.1) is 11.8 Å². The Labute approximate surface area is 127 Å². The first-order valence-corrected chi connectivity index (χ1v) is 7.47. The maximum atomic E-state index is 11.7. The summed E-state index contributed by atoms with van der Waals surface area (Å²) < 4.78 is 0. The minimum atomic E-state index is 0.0443. The van der Waals surface area contributed by atoms with Gasteiger partial charge in [-0.2, -0.15) is 5.26 Å². The fourth-order valence-electron chi connectivity index (χ4n) is 1.36. The zero-order valence-corrected chi connectivity index (χ0v) is 12.9. The van der Waals surface area contributed by atoms with Crippen molar-refractivity contribution in [1.29, 1.82) is 5.26 Å². The van der Waals surface area contributed by atoms with Crippen LogP contribution in [0.25, 0.3) is 0 Å². The van der Waals surface area contributed by atoms with Crippen molar-refractivity contribution in [1.82, 2.24) is 4.90 Å². The van der Waals surface area contributed by atoms with E-state index >= 15 is 0 Å². The number of amides is 1. The molecule has 3 nitrogen and oxygen atoms in total. The van der Waals surface area contributed by atoms with Crippen molar-refractivity contribution >= 4 is 40.9 Å². The molecule has 0 heterocycles. The van der Waals surface area contributed by atoms with Crippen molar-refractivity contribution in [3.8, 4) is 6.07 Å². The van der Waals surface area contributed by atoms with E-state index in [1.807, 2.05) is 12.1 Å². The third-order valence-electron chi connectivity index (χ3n) is 2.46. The molecule has 0 unspecified atom stereocenters. The summed E-state index contributed by atoms with van der Waals surface area (Å²) in [5.74, 6) is 0.719. The number of carbonyl (C=O) groups excluding carboxylic acids is 1. The quantitative estimate of drug-likeness (QED) is 0.749. The summed E-state index contributed by atoms with van der Waals surface area (Å²) in [5, 5.41) is 9.50.